The number of benzene rings is 1. The minimum atomic E-state index is 0.916. The van der Waals surface area contributed by atoms with Gasteiger partial charge >= 0.3 is 0 Å². The molecule has 0 heterocycles. The molecule has 0 saturated heterocycles. The lowest BCUT2D eigenvalue weighted by Crippen LogP contribution is -1.99. The zero-order valence-electron chi connectivity index (χ0n) is 8.50. The zero-order chi connectivity index (χ0) is 9.54. The van der Waals surface area contributed by atoms with Crippen LogP contribution in [0.1, 0.15) is 30.4 Å². The number of anilines is 1. The first-order chi connectivity index (χ1) is 6.81. The van der Waals surface area contributed by atoms with Crippen molar-refractivity contribution in [3.8, 4) is 0 Å². The maximum Gasteiger partial charge on any atom is 0.0316 e. The minimum Gasteiger partial charge on any atom is -0.399 e. The minimum absolute atomic E-state index is 0.916. The van der Waals surface area contributed by atoms with Crippen molar-refractivity contribution in [1.82, 2.24) is 0 Å². The highest BCUT2D eigenvalue weighted by atomic mass is 14.5. The van der Waals surface area contributed by atoms with Gasteiger partial charge in [0, 0.05) is 5.69 Å². The molecule has 0 bridgehead atoms. The molecule has 1 nitrogen and oxygen atoms in total. The van der Waals surface area contributed by atoms with Gasteiger partial charge in [-0.1, -0.05) is 18.9 Å². The van der Waals surface area contributed by atoms with E-state index in [-0.39, 0.29) is 0 Å². The maximum atomic E-state index is 5.79. The van der Waals surface area contributed by atoms with Crippen LogP contribution in [-0.4, -0.2) is 0 Å². The summed E-state index contributed by atoms with van der Waals surface area (Å²) < 4.78 is 0. The van der Waals surface area contributed by atoms with Crippen LogP contribution >= 0.6 is 0 Å². The van der Waals surface area contributed by atoms with Crippen LogP contribution in [0.3, 0.4) is 0 Å². The largest absolute Gasteiger partial charge is 0.399 e. The van der Waals surface area contributed by atoms with Crippen molar-refractivity contribution < 1.29 is 0 Å². The van der Waals surface area contributed by atoms with Gasteiger partial charge in [0.15, 0.2) is 0 Å². The van der Waals surface area contributed by atoms with E-state index in [1.807, 2.05) is 6.07 Å². The number of rotatable bonds is 2. The van der Waals surface area contributed by atoms with Gasteiger partial charge in [0.25, 0.3) is 0 Å². The predicted octanol–water partition coefficient (Wildman–Crippen LogP) is 2.78. The summed E-state index contributed by atoms with van der Waals surface area (Å²) in [7, 11) is 0. The molecule has 0 aliphatic heterocycles. The molecule has 1 aromatic rings. The Balaban J connectivity index is 1.75. The van der Waals surface area contributed by atoms with Crippen LogP contribution in [0.4, 0.5) is 5.69 Å². The quantitative estimate of drug-likeness (QED) is 0.708. The van der Waals surface area contributed by atoms with E-state index in [0.717, 1.165) is 17.5 Å². The lowest BCUT2D eigenvalue weighted by atomic mass is 9.99. The summed E-state index contributed by atoms with van der Waals surface area (Å²) in [6.07, 6.45) is 6.99. The fraction of sp³-hybridized carbons (Fsp3) is 0.538. The maximum absolute atomic E-state index is 5.79. The lowest BCUT2D eigenvalue weighted by Gasteiger charge is -2.05. The Morgan fingerprint density at radius 3 is 2.64 bits per heavy atom. The third kappa shape index (κ3) is 1.52. The van der Waals surface area contributed by atoms with Crippen molar-refractivity contribution in [3.63, 3.8) is 0 Å². The molecule has 1 atom stereocenters. The Labute approximate surface area is 85.3 Å². The second-order valence-corrected chi connectivity index (χ2v) is 4.98. The molecule has 2 N–H and O–H groups in total. The molecule has 74 valence electrons. The van der Waals surface area contributed by atoms with Gasteiger partial charge in [-0.3, -0.25) is 0 Å². The van der Waals surface area contributed by atoms with Crippen LogP contribution in [0.5, 0.6) is 0 Å². The highest BCUT2D eigenvalue weighted by Crippen LogP contribution is 2.40. The average molecular weight is 187 g/mol. The average Bonchev–Trinajstić information content (AvgIpc) is 2.84. The normalized spacial score (nSPS) is 25.0. The third-order valence-electron chi connectivity index (χ3n) is 3.61. The summed E-state index contributed by atoms with van der Waals surface area (Å²) in [6.45, 7) is 0. The van der Waals surface area contributed by atoms with Crippen LogP contribution < -0.4 is 5.73 Å². The van der Waals surface area contributed by atoms with Gasteiger partial charge < -0.3 is 5.73 Å². The van der Waals surface area contributed by atoms with E-state index in [0.29, 0.717) is 0 Å². The number of hydrogen-bond donors (Lipinski definition) is 1. The Morgan fingerprint density at radius 2 is 1.86 bits per heavy atom. The number of nitrogens with two attached hydrogens (primary N) is 1. The second kappa shape index (κ2) is 3.01. The van der Waals surface area contributed by atoms with Gasteiger partial charge in [0.1, 0.15) is 0 Å². The Morgan fingerprint density at radius 1 is 1.07 bits per heavy atom. The van der Waals surface area contributed by atoms with Crippen molar-refractivity contribution in [1.29, 1.82) is 0 Å². The van der Waals surface area contributed by atoms with Crippen molar-refractivity contribution >= 4 is 5.69 Å². The summed E-state index contributed by atoms with van der Waals surface area (Å²) >= 11 is 0. The first-order valence-corrected chi connectivity index (χ1v) is 5.68. The molecule has 3 rings (SSSR count). The van der Waals surface area contributed by atoms with E-state index in [1.54, 1.807) is 5.56 Å². The molecule has 1 saturated carbocycles. The monoisotopic (exact) mass is 187 g/mol. The molecule has 1 heteroatoms. The van der Waals surface area contributed by atoms with E-state index in [9.17, 15) is 0 Å². The predicted molar refractivity (Wildman–Crippen MR) is 59.1 cm³/mol. The van der Waals surface area contributed by atoms with Crippen molar-refractivity contribution in [2.45, 2.75) is 32.1 Å². The smallest absolute Gasteiger partial charge is 0.0316 e. The summed E-state index contributed by atoms with van der Waals surface area (Å²) in [5.74, 6) is 1.98. The van der Waals surface area contributed by atoms with Gasteiger partial charge in [-0.05, 0) is 54.4 Å². The van der Waals surface area contributed by atoms with E-state index in [4.69, 9.17) is 5.73 Å². The highest BCUT2D eigenvalue weighted by molar-refractivity contribution is 5.46. The van der Waals surface area contributed by atoms with Crippen molar-refractivity contribution in [2.24, 2.45) is 11.8 Å². The summed E-state index contributed by atoms with van der Waals surface area (Å²) in [4.78, 5) is 0. The summed E-state index contributed by atoms with van der Waals surface area (Å²) in [5, 5.41) is 0. The van der Waals surface area contributed by atoms with Gasteiger partial charge in [0.2, 0.25) is 0 Å². The fourth-order valence-corrected chi connectivity index (χ4v) is 2.72. The molecule has 2 aliphatic carbocycles. The van der Waals surface area contributed by atoms with Crippen LogP contribution in [0, 0.1) is 11.8 Å². The standard InChI is InChI=1S/C13H17N/c14-13-4-3-11-6-10(5-9-1-2-9)7-12(11)8-13/h3-4,8-10H,1-2,5-7,14H2. The van der Waals surface area contributed by atoms with E-state index in [2.05, 4.69) is 12.1 Å². The Hall–Kier alpha value is -0.980. The number of nitrogen functional groups attached to an aromatic ring is 1. The topological polar surface area (TPSA) is 26.0 Å². The molecule has 0 radical (unpaired) electrons. The summed E-state index contributed by atoms with van der Waals surface area (Å²) in [5.41, 5.74) is 9.77. The highest BCUT2D eigenvalue weighted by Gasteiger charge is 2.29. The molecule has 2 aliphatic rings. The molecule has 0 aromatic heterocycles. The molecular weight excluding hydrogens is 170 g/mol. The number of hydrogen-bond acceptors (Lipinski definition) is 1. The van der Waals surface area contributed by atoms with E-state index < -0.39 is 0 Å². The summed E-state index contributed by atoms with van der Waals surface area (Å²) in [6, 6.07) is 6.43. The van der Waals surface area contributed by atoms with Crippen molar-refractivity contribution in [3.05, 3.63) is 29.3 Å². The van der Waals surface area contributed by atoms with Gasteiger partial charge in [-0.25, -0.2) is 0 Å². The third-order valence-corrected chi connectivity index (χ3v) is 3.61. The van der Waals surface area contributed by atoms with E-state index in [1.165, 1.54) is 37.7 Å². The van der Waals surface area contributed by atoms with E-state index >= 15 is 0 Å². The van der Waals surface area contributed by atoms with Gasteiger partial charge in [-0.2, -0.15) is 0 Å². The molecule has 1 fully saturated rings. The first kappa shape index (κ1) is 8.34. The first-order valence-electron chi connectivity index (χ1n) is 5.68. The molecule has 0 amide bonds. The van der Waals surface area contributed by atoms with Crippen LogP contribution in [0.25, 0.3) is 0 Å². The zero-order valence-corrected chi connectivity index (χ0v) is 8.50. The van der Waals surface area contributed by atoms with Gasteiger partial charge in [0.05, 0.1) is 0 Å². The van der Waals surface area contributed by atoms with Crippen LogP contribution in [0.15, 0.2) is 18.2 Å². The van der Waals surface area contributed by atoms with Crippen LogP contribution in [-0.2, 0) is 12.8 Å². The molecule has 1 aromatic carbocycles. The van der Waals surface area contributed by atoms with Crippen molar-refractivity contribution in [2.75, 3.05) is 5.73 Å². The molecule has 0 spiro atoms. The SMILES string of the molecule is Nc1ccc2c(c1)CC(CC1CC1)C2. The molecule has 14 heavy (non-hydrogen) atoms. The number of fused-ring (bicyclic) bond motifs is 1. The fourth-order valence-electron chi connectivity index (χ4n) is 2.72. The van der Waals surface area contributed by atoms with Crippen LogP contribution in [0.2, 0.25) is 0 Å². The molecular formula is C13H17N. The Bertz CT molecular complexity index is 352. The van der Waals surface area contributed by atoms with Gasteiger partial charge in [-0.15, -0.1) is 0 Å². The second-order valence-electron chi connectivity index (χ2n) is 4.98. The molecule has 1 unspecified atom stereocenters. The Kier molecular flexibility index (Phi) is 1.79. The lowest BCUT2D eigenvalue weighted by molar-refractivity contribution is 0.480.